The van der Waals surface area contributed by atoms with Crippen LogP contribution in [0.4, 0.5) is 0 Å². The molecule has 1 aromatic heterocycles. The molecule has 19 heavy (non-hydrogen) atoms. The summed E-state index contributed by atoms with van der Waals surface area (Å²) in [7, 11) is 2.14. The van der Waals surface area contributed by atoms with Crippen LogP contribution in [0, 0.1) is 0 Å². The summed E-state index contributed by atoms with van der Waals surface area (Å²) in [6, 6.07) is 8.54. The van der Waals surface area contributed by atoms with Crippen LogP contribution in [0.1, 0.15) is 19.5 Å². The van der Waals surface area contributed by atoms with Gasteiger partial charge in [-0.25, -0.2) is 4.98 Å². The Kier molecular flexibility index (Phi) is 4.82. The topological polar surface area (TPSA) is 41.0 Å². The zero-order valence-electron chi connectivity index (χ0n) is 11.9. The zero-order chi connectivity index (χ0) is 13.7. The minimum Gasteiger partial charge on any atom is -0.310 e. The molecule has 1 aromatic carbocycles. The van der Waals surface area contributed by atoms with Gasteiger partial charge in [-0.3, -0.25) is 4.98 Å². The second-order valence-electron chi connectivity index (χ2n) is 5.10. The third-order valence-electron chi connectivity index (χ3n) is 3.33. The van der Waals surface area contributed by atoms with Crippen LogP contribution in [-0.4, -0.2) is 41.0 Å². The highest BCUT2D eigenvalue weighted by atomic mass is 15.1. The van der Waals surface area contributed by atoms with Crippen LogP contribution in [0.2, 0.25) is 0 Å². The van der Waals surface area contributed by atoms with E-state index in [1.807, 2.05) is 30.5 Å². The van der Waals surface area contributed by atoms with Crippen LogP contribution in [0.25, 0.3) is 11.0 Å². The first-order valence-electron chi connectivity index (χ1n) is 6.78. The minimum atomic E-state index is 0.585. The summed E-state index contributed by atoms with van der Waals surface area (Å²) in [5.74, 6) is 0. The van der Waals surface area contributed by atoms with Gasteiger partial charge in [0, 0.05) is 25.7 Å². The van der Waals surface area contributed by atoms with Gasteiger partial charge in [-0.05, 0) is 33.0 Å². The van der Waals surface area contributed by atoms with Crippen LogP contribution in [0.3, 0.4) is 0 Å². The van der Waals surface area contributed by atoms with E-state index in [9.17, 15) is 0 Å². The molecule has 0 unspecified atom stereocenters. The van der Waals surface area contributed by atoms with E-state index >= 15 is 0 Å². The molecular weight excluding hydrogens is 236 g/mol. The molecule has 0 amide bonds. The summed E-state index contributed by atoms with van der Waals surface area (Å²) in [5, 5.41) is 3.41. The van der Waals surface area contributed by atoms with Gasteiger partial charge < -0.3 is 10.2 Å². The van der Waals surface area contributed by atoms with Crippen molar-refractivity contribution in [2.75, 3.05) is 20.1 Å². The van der Waals surface area contributed by atoms with Crippen molar-refractivity contribution in [2.45, 2.75) is 26.4 Å². The number of nitrogens with zero attached hydrogens (tertiary/aromatic N) is 3. The Labute approximate surface area is 114 Å². The van der Waals surface area contributed by atoms with Crippen LogP contribution < -0.4 is 5.32 Å². The average Bonchev–Trinajstić information content (AvgIpc) is 2.43. The first-order chi connectivity index (χ1) is 9.16. The molecule has 4 nitrogen and oxygen atoms in total. The third kappa shape index (κ3) is 3.98. The lowest BCUT2D eigenvalue weighted by Gasteiger charge is -2.20. The summed E-state index contributed by atoms with van der Waals surface area (Å²) in [4.78, 5) is 11.3. The summed E-state index contributed by atoms with van der Waals surface area (Å²) < 4.78 is 0. The number of aromatic nitrogens is 2. The number of hydrogen-bond donors (Lipinski definition) is 1. The molecule has 0 aliphatic rings. The molecule has 0 fully saturated rings. The second kappa shape index (κ2) is 6.59. The number of rotatable bonds is 6. The molecule has 2 aromatic rings. The number of fused-ring (bicyclic) bond motifs is 1. The van der Waals surface area contributed by atoms with Gasteiger partial charge in [-0.1, -0.05) is 12.1 Å². The van der Waals surface area contributed by atoms with Gasteiger partial charge in [-0.2, -0.15) is 0 Å². The lowest BCUT2D eigenvalue weighted by Crippen LogP contribution is -2.33. The van der Waals surface area contributed by atoms with Crippen molar-refractivity contribution in [3.05, 3.63) is 36.2 Å². The van der Waals surface area contributed by atoms with Crippen LogP contribution in [0.5, 0.6) is 0 Å². The summed E-state index contributed by atoms with van der Waals surface area (Å²) >= 11 is 0. The normalized spacial score (nSPS) is 11.6. The molecule has 0 atom stereocenters. The van der Waals surface area contributed by atoms with Crippen molar-refractivity contribution in [1.82, 2.24) is 20.2 Å². The van der Waals surface area contributed by atoms with E-state index in [0.717, 1.165) is 36.4 Å². The molecule has 2 rings (SSSR count). The highest BCUT2D eigenvalue weighted by Crippen LogP contribution is 2.08. The van der Waals surface area contributed by atoms with Gasteiger partial charge in [0.2, 0.25) is 0 Å². The first kappa shape index (κ1) is 13.9. The summed E-state index contributed by atoms with van der Waals surface area (Å²) in [5.41, 5.74) is 2.90. The van der Waals surface area contributed by atoms with Gasteiger partial charge >= 0.3 is 0 Å². The molecule has 0 spiro atoms. The van der Waals surface area contributed by atoms with E-state index in [2.05, 4.69) is 41.1 Å². The maximum Gasteiger partial charge on any atom is 0.0890 e. The number of benzene rings is 1. The SMILES string of the molecule is CC(C)N(C)CCNCc1cnc2ccccc2n1. The summed E-state index contributed by atoms with van der Waals surface area (Å²) in [6.45, 7) is 7.18. The number of nitrogens with one attached hydrogen (secondary N) is 1. The Hall–Kier alpha value is -1.52. The molecule has 0 saturated heterocycles. The smallest absolute Gasteiger partial charge is 0.0890 e. The first-order valence-corrected chi connectivity index (χ1v) is 6.78. The summed E-state index contributed by atoms with van der Waals surface area (Å²) in [6.07, 6.45) is 1.85. The lowest BCUT2D eigenvalue weighted by atomic mass is 10.3. The average molecular weight is 258 g/mol. The third-order valence-corrected chi connectivity index (χ3v) is 3.33. The maximum absolute atomic E-state index is 4.59. The Morgan fingerprint density at radius 3 is 2.68 bits per heavy atom. The molecule has 0 saturated carbocycles. The van der Waals surface area contributed by atoms with Gasteiger partial charge in [0.05, 0.1) is 22.9 Å². The van der Waals surface area contributed by atoms with E-state index in [1.54, 1.807) is 0 Å². The molecule has 1 heterocycles. The molecule has 0 radical (unpaired) electrons. The number of hydrogen-bond acceptors (Lipinski definition) is 4. The predicted molar refractivity (Wildman–Crippen MR) is 79.0 cm³/mol. The standard InChI is InChI=1S/C15H22N4/c1-12(2)19(3)9-8-16-10-13-11-17-14-6-4-5-7-15(14)18-13/h4-7,11-12,16H,8-10H2,1-3H3. The van der Waals surface area contributed by atoms with E-state index in [0.29, 0.717) is 6.04 Å². The van der Waals surface area contributed by atoms with E-state index in [1.165, 1.54) is 0 Å². The molecule has 1 N–H and O–H groups in total. The number of para-hydroxylation sites is 2. The lowest BCUT2D eigenvalue weighted by molar-refractivity contribution is 0.273. The van der Waals surface area contributed by atoms with Gasteiger partial charge in [0.15, 0.2) is 0 Å². The predicted octanol–water partition coefficient (Wildman–Crippen LogP) is 2.06. The fourth-order valence-corrected chi connectivity index (χ4v) is 1.81. The van der Waals surface area contributed by atoms with E-state index in [4.69, 9.17) is 0 Å². The Bertz CT molecular complexity index is 524. The fraction of sp³-hybridized carbons (Fsp3) is 0.467. The molecule has 102 valence electrons. The van der Waals surface area contributed by atoms with Crippen LogP contribution in [0.15, 0.2) is 30.5 Å². The Morgan fingerprint density at radius 1 is 1.21 bits per heavy atom. The van der Waals surface area contributed by atoms with Crippen molar-refractivity contribution in [3.63, 3.8) is 0 Å². The van der Waals surface area contributed by atoms with Crippen molar-refractivity contribution < 1.29 is 0 Å². The Morgan fingerprint density at radius 2 is 1.95 bits per heavy atom. The van der Waals surface area contributed by atoms with Crippen molar-refractivity contribution in [3.8, 4) is 0 Å². The van der Waals surface area contributed by atoms with E-state index in [-0.39, 0.29) is 0 Å². The van der Waals surface area contributed by atoms with Crippen LogP contribution in [-0.2, 0) is 6.54 Å². The van der Waals surface area contributed by atoms with E-state index < -0.39 is 0 Å². The van der Waals surface area contributed by atoms with Gasteiger partial charge in [0.1, 0.15) is 0 Å². The van der Waals surface area contributed by atoms with Gasteiger partial charge in [0.25, 0.3) is 0 Å². The highest BCUT2D eigenvalue weighted by molar-refractivity contribution is 5.73. The maximum atomic E-state index is 4.59. The fourth-order valence-electron chi connectivity index (χ4n) is 1.81. The highest BCUT2D eigenvalue weighted by Gasteiger charge is 2.02. The molecule has 0 aliphatic heterocycles. The largest absolute Gasteiger partial charge is 0.310 e. The molecule has 0 bridgehead atoms. The Balaban J connectivity index is 1.85. The van der Waals surface area contributed by atoms with Crippen LogP contribution >= 0.6 is 0 Å². The minimum absolute atomic E-state index is 0.585. The number of likely N-dealkylation sites (N-methyl/N-ethyl adjacent to an activating group) is 1. The molecular formula is C15H22N4. The molecule has 4 heteroatoms. The van der Waals surface area contributed by atoms with Gasteiger partial charge in [-0.15, -0.1) is 0 Å². The van der Waals surface area contributed by atoms with Crippen molar-refractivity contribution in [1.29, 1.82) is 0 Å². The quantitative estimate of drug-likeness (QED) is 0.805. The van der Waals surface area contributed by atoms with Crippen molar-refractivity contribution >= 4 is 11.0 Å². The molecule has 0 aliphatic carbocycles. The second-order valence-corrected chi connectivity index (χ2v) is 5.10. The van der Waals surface area contributed by atoms with Crippen molar-refractivity contribution in [2.24, 2.45) is 0 Å². The zero-order valence-corrected chi connectivity index (χ0v) is 11.9. The monoisotopic (exact) mass is 258 g/mol.